The van der Waals surface area contributed by atoms with Crippen LogP contribution in [0.1, 0.15) is 66.7 Å². The zero-order chi connectivity index (χ0) is 24.2. The summed E-state index contributed by atoms with van der Waals surface area (Å²) in [6.07, 6.45) is 1.45. The highest BCUT2D eigenvalue weighted by molar-refractivity contribution is 5.89. The summed E-state index contributed by atoms with van der Waals surface area (Å²) >= 11 is 0. The van der Waals surface area contributed by atoms with E-state index in [2.05, 4.69) is 20.7 Å². The molecule has 34 heavy (non-hydrogen) atoms. The van der Waals surface area contributed by atoms with Crippen LogP contribution in [0.15, 0.2) is 48.5 Å². The number of hydrogen-bond acceptors (Lipinski definition) is 4. The molecule has 0 saturated carbocycles. The molecule has 0 bridgehead atoms. The summed E-state index contributed by atoms with van der Waals surface area (Å²) in [4.78, 5) is 28.0. The molecule has 2 aromatic carbocycles. The van der Waals surface area contributed by atoms with E-state index in [1.54, 1.807) is 17.9 Å². The molecule has 2 amide bonds. The van der Waals surface area contributed by atoms with Crippen molar-refractivity contribution in [3.05, 3.63) is 82.4 Å². The van der Waals surface area contributed by atoms with Gasteiger partial charge in [0.05, 0.1) is 23.9 Å². The number of halogens is 1. The number of aromatic nitrogens is 3. The second kappa shape index (κ2) is 10.2. The third-order valence-corrected chi connectivity index (χ3v) is 6.42. The van der Waals surface area contributed by atoms with Crippen LogP contribution in [0.25, 0.3) is 0 Å². The number of benzene rings is 2. The Morgan fingerprint density at radius 3 is 2.59 bits per heavy atom. The van der Waals surface area contributed by atoms with Crippen molar-refractivity contribution < 1.29 is 14.0 Å². The molecule has 4 rings (SSSR count). The van der Waals surface area contributed by atoms with Gasteiger partial charge in [0, 0.05) is 6.54 Å². The first-order chi connectivity index (χ1) is 16.3. The van der Waals surface area contributed by atoms with Gasteiger partial charge in [0.2, 0.25) is 11.8 Å². The average Bonchev–Trinajstić information content (AvgIpc) is 3.47. The fourth-order valence-electron chi connectivity index (χ4n) is 4.49. The zero-order valence-corrected chi connectivity index (χ0v) is 19.7. The van der Waals surface area contributed by atoms with Gasteiger partial charge in [-0.1, -0.05) is 61.5 Å². The lowest BCUT2D eigenvalue weighted by molar-refractivity contribution is -0.138. The predicted octanol–water partition coefficient (Wildman–Crippen LogP) is 3.81. The van der Waals surface area contributed by atoms with Gasteiger partial charge in [-0.05, 0) is 48.4 Å². The number of carbonyl (C=O) groups is 2. The van der Waals surface area contributed by atoms with Crippen LogP contribution in [-0.2, 0) is 16.0 Å². The predicted molar refractivity (Wildman–Crippen MR) is 126 cm³/mol. The number of H-pyrrole nitrogens is 1. The molecule has 1 aliphatic heterocycles. The van der Waals surface area contributed by atoms with Gasteiger partial charge in [-0.2, -0.15) is 0 Å². The normalized spacial score (nSPS) is 16.6. The monoisotopic (exact) mass is 463 g/mol. The zero-order valence-electron chi connectivity index (χ0n) is 19.7. The van der Waals surface area contributed by atoms with E-state index in [-0.39, 0.29) is 30.0 Å². The molecule has 0 spiro atoms. The molecule has 178 valence electrons. The summed E-state index contributed by atoms with van der Waals surface area (Å²) in [5.41, 5.74) is 3.47. The van der Waals surface area contributed by atoms with Crippen LogP contribution in [0, 0.1) is 12.7 Å². The second-order valence-electron chi connectivity index (χ2n) is 9.09. The van der Waals surface area contributed by atoms with E-state index < -0.39 is 12.1 Å². The van der Waals surface area contributed by atoms with E-state index in [0.717, 1.165) is 12.0 Å². The quantitative estimate of drug-likeness (QED) is 0.557. The van der Waals surface area contributed by atoms with Gasteiger partial charge >= 0.3 is 0 Å². The van der Waals surface area contributed by atoms with Gasteiger partial charge in [-0.25, -0.2) is 4.39 Å². The SMILES string of the molecule is Cc1nn[nH]c1CC(=O)N1CCC[C@H]1C(=O)N[C@@H](c1ccccc1)c1ccc(C(C)C)c(F)c1. The van der Waals surface area contributed by atoms with Crippen LogP contribution in [0.5, 0.6) is 0 Å². The minimum atomic E-state index is -0.574. The Labute approximate surface area is 198 Å². The molecule has 0 aliphatic carbocycles. The van der Waals surface area contributed by atoms with Crippen molar-refractivity contribution in [1.29, 1.82) is 0 Å². The number of aryl methyl sites for hydroxylation is 1. The van der Waals surface area contributed by atoms with Crippen LogP contribution in [-0.4, -0.2) is 44.7 Å². The largest absolute Gasteiger partial charge is 0.343 e. The fourth-order valence-corrected chi connectivity index (χ4v) is 4.49. The number of rotatable bonds is 7. The maximum atomic E-state index is 14.8. The minimum Gasteiger partial charge on any atom is -0.343 e. The number of aromatic amines is 1. The number of carbonyl (C=O) groups excluding carboxylic acids is 2. The lowest BCUT2D eigenvalue weighted by atomic mass is 9.94. The van der Waals surface area contributed by atoms with Gasteiger partial charge in [-0.3, -0.25) is 14.7 Å². The summed E-state index contributed by atoms with van der Waals surface area (Å²) < 4.78 is 14.8. The van der Waals surface area contributed by atoms with E-state index in [1.165, 1.54) is 6.07 Å². The van der Waals surface area contributed by atoms with Gasteiger partial charge < -0.3 is 10.2 Å². The summed E-state index contributed by atoms with van der Waals surface area (Å²) in [5.74, 6) is -0.614. The Morgan fingerprint density at radius 2 is 1.94 bits per heavy atom. The van der Waals surface area contributed by atoms with E-state index >= 15 is 0 Å². The Bertz CT molecular complexity index is 1160. The molecule has 2 N–H and O–H groups in total. The number of likely N-dealkylation sites (tertiary alicyclic amines) is 1. The fraction of sp³-hybridized carbons (Fsp3) is 0.385. The number of nitrogens with one attached hydrogen (secondary N) is 2. The molecule has 7 nitrogen and oxygen atoms in total. The molecule has 1 aliphatic rings. The molecule has 0 unspecified atom stereocenters. The van der Waals surface area contributed by atoms with E-state index in [0.29, 0.717) is 35.5 Å². The summed E-state index contributed by atoms with van der Waals surface area (Å²) in [6, 6.07) is 13.5. The molecule has 2 heterocycles. The number of nitrogens with zero attached hydrogens (tertiary/aromatic N) is 3. The lowest BCUT2D eigenvalue weighted by Crippen LogP contribution is -2.47. The topological polar surface area (TPSA) is 91.0 Å². The van der Waals surface area contributed by atoms with Gasteiger partial charge in [0.1, 0.15) is 11.9 Å². The van der Waals surface area contributed by atoms with Gasteiger partial charge in [-0.15, -0.1) is 5.10 Å². The first-order valence-electron chi connectivity index (χ1n) is 11.7. The maximum absolute atomic E-state index is 14.8. The van der Waals surface area contributed by atoms with Crippen molar-refractivity contribution in [3.63, 3.8) is 0 Å². The summed E-state index contributed by atoms with van der Waals surface area (Å²) in [5, 5.41) is 13.5. The molecule has 1 fully saturated rings. The third-order valence-electron chi connectivity index (χ3n) is 6.42. The smallest absolute Gasteiger partial charge is 0.243 e. The van der Waals surface area contributed by atoms with E-state index in [1.807, 2.05) is 50.2 Å². The third kappa shape index (κ3) is 5.00. The first-order valence-corrected chi connectivity index (χ1v) is 11.7. The van der Waals surface area contributed by atoms with Crippen LogP contribution in [0.2, 0.25) is 0 Å². The molecule has 2 atom stereocenters. The van der Waals surface area contributed by atoms with Gasteiger partial charge in [0.25, 0.3) is 0 Å². The Morgan fingerprint density at radius 1 is 1.18 bits per heavy atom. The van der Waals surface area contributed by atoms with Crippen molar-refractivity contribution in [2.45, 2.75) is 58.0 Å². The van der Waals surface area contributed by atoms with E-state index in [4.69, 9.17) is 0 Å². The molecule has 0 radical (unpaired) electrons. The Kier molecular flexibility index (Phi) is 7.05. The van der Waals surface area contributed by atoms with Crippen molar-refractivity contribution in [1.82, 2.24) is 25.6 Å². The number of hydrogen-bond donors (Lipinski definition) is 2. The summed E-state index contributed by atoms with van der Waals surface area (Å²) in [6.45, 7) is 6.20. The van der Waals surface area contributed by atoms with Crippen LogP contribution >= 0.6 is 0 Å². The highest BCUT2D eigenvalue weighted by atomic mass is 19.1. The highest BCUT2D eigenvalue weighted by Gasteiger charge is 2.35. The molecule has 3 aromatic rings. The lowest BCUT2D eigenvalue weighted by Gasteiger charge is -2.27. The maximum Gasteiger partial charge on any atom is 0.243 e. The van der Waals surface area contributed by atoms with Crippen molar-refractivity contribution in [3.8, 4) is 0 Å². The van der Waals surface area contributed by atoms with E-state index in [9.17, 15) is 14.0 Å². The molecule has 1 saturated heterocycles. The molecular weight excluding hydrogens is 433 g/mol. The molecule has 8 heteroatoms. The minimum absolute atomic E-state index is 0.0607. The highest BCUT2D eigenvalue weighted by Crippen LogP contribution is 2.28. The van der Waals surface area contributed by atoms with Gasteiger partial charge in [0.15, 0.2) is 0 Å². The first kappa shape index (κ1) is 23.6. The second-order valence-corrected chi connectivity index (χ2v) is 9.09. The van der Waals surface area contributed by atoms with Crippen LogP contribution < -0.4 is 5.32 Å². The van der Waals surface area contributed by atoms with Crippen molar-refractivity contribution in [2.75, 3.05) is 6.54 Å². The van der Waals surface area contributed by atoms with Crippen molar-refractivity contribution in [2.24, 2.45) is 0 Å². The average molecular weight is 464 g/mol. The van der Waals surface area contributed by atoms with Crippen LogP contribution in [0.3, 0.4) is 0 Å². The standard InChI is InChI=1S/C26H30FN5O2/c1-16(2)20-12-11-19(14-21(20)27)25(18-8-5-4-6-9-18)28-26(34)23-10-7-13-32(23)24(33)15-22-17(3)29-31-30-22/h4-6,8-9,11-12,14,16,23,25H,7,10,13,15H2,1-3H3,(H,28,34)(H,29,30,31)/t23-,25-/m0/s1. The number of amides is 2. The Balaban J connectivity index is 1.56. The molecular formula is C26H30FN5O2. The summed E-state index contributed by atoms with van der Waals surface area (Å²) in [7, 11) is 0. The van der Waals surface area contributed by atoms with Crippen molar-refractivity contribution >= 4 is 11.8 Å². The molecule has 1 aromatic heterocycles. The Hall–Kier alpha value is -3.55. The van der Waals surface area contributed by atoms with Crippen LogP contribution in [0.4, 0.5) is 4.39 Å².